The molecule has 1 aromatic carbocycles. The molecule has 0 saturated heterocycles. The highest BCUT2D eigenvalue weighted by Gasteiger charge is 2.24. The third-order valence-corrected chi connectivity index (χ3v) is 3.90. The van der Waals surface area contributed by atoms with Crippen molar-refractivity contribution in [2.24, 2.45) is 0 Å². The van der Waals surface area contributed by atoms with Gasteiger partial charge in [0.05, 0.1) is 19.1 Å². The fourth-order valence-corrected chi connectivity index (χ4v) is 2.84. The third-order valence-electron chi connectivity index (χ3n) is 3.90. The summed E-state index contributed by atoms with van der Waals surface area (Å²) in [6.07, 6.45) is 5.70. The largest absolute Gasteiger partial charge is 0.493 e. The van der Waals surface area contributed by atoms with Gasteiger partial charge in [0.1, 0.15) is 5.75 Å². The Hall–Kier alpha value is -1.74. The van der Waals surface area contributed by atoms with E-state index >= 15 is 0 Å². The second-order valence-corrected chi connectivity index (χ2v) is 5.01. The van der Waals surface area contributed by atoms with E-state index in [1.165, 1.54) is 11.1 Å². The maximum absolute atomic E-state index is 5.72. The van der Waals surface area contributed by atoms with Crippen LogP contribution in [0.25, 0.3) is 0 Å². The molecule has 0 aliphatic carbocycles. The number of ether oxygens (including phenoxy) is 1. The lowest BCUT2D eigenvalue weighted by Gasteiger charge is -2.28. The maximum atomic E-state index is 5.72. The Labute approximate surface area is 113 Å². The molecule has 0 bridgehead atoms. The van der Waals surface area contributed by atoms with Crippen molar-refractivity contribution in [1.82, 2.24) is 5.32 Å². The molecule has 1 aliphatic rings. The van der Waals surface area contributed by atoms with Crippen LogP contribution in [0.4, 0.5) is 0 Å². The second-order valence-electron chi connectivity index (χ2n) is 5.01. The molecule has 19 heavy (non-hydrogen) atoms. The molecule has 0 spiro atoms. The Morgan fingerprint density at radius 2 is 2.21 bits per heavy atom. The van der Waals surface area contributed by atoms with Gasteiger partial charge in [0.25, 0.3) is 0 Å². The molecule has 0 fully saturated rings. The van der Waals surface area contributed by atoms with Crippen molar-refractivity contribution in [2.45, 2.75) is 24.8 Å². The average molecular weight is 257 g/mol. The molecule has 0 saturated carbocycles. The highest BCUT2D eigenvalue weighted by molar-refractivity contribution is 5.38. The van der Waals surface area contributed by atoms with Gasteiger partial charge in [-0.15, -0.1) is 0 Å². The lowest BCUT2D eigenvalue weighted by Crippen LogP contribution is -2.22. The smallest absolute Gasteiger partial charge is 0.122 e. The highest BCUT2D eigenvalue weighted by atomic mass is 16.5. The number of fused-ring (bicyclic) bond motifs is 1. The van der Waals surface area contributed by atoms with Gasteiger partial charge in [0.15, 0.2) is 0 Å². The van der Waals surface area contributed by atoms with Crippen molar-refractivity contribution in [3.05, 3.63) is 54.0 Å². The molecule has 0 radical (unpaired) electrons. The number of nitrogens with one attached hydrogen (secondary N) is 1. The van der Waals surface area contributed by atoms with Crippen LogP contribution in [0.1, 0.15) is 35.9 Å². The van der Waals surface area contributed by atoms with Gasteiger partial charge >= 0.3 is 0 Å². The third kappa shape index (κ3) is 2.51. The minimum absolute atomic E-state index is 0.329. The molecule has 2 unspecified atom stereocenters. The van der Waals surface area contributed by atoms with E-state index in [0.717, 1.165) is 25.2 Å². The Morgan fingerprint density at radius 1 is 1.32 bits per heavy atom. The first kappa shape index (κ1) is 12.3. The number of rotatable bonds is 4. The molecule has 0 amide bonds. The van der Waals surface area contributed by atoms with Gasteiger partial charge in [-0.2, -0.15) is 0 Å². The number of hydrogen-bond donors (Lipinski definition) is 1. The molecule has 1 N–H and O–H groups in total. The van der Waals surface area contributed by atoms with E-state index < -0.39 is 0 Å². The summed E-state index contributed by atoms with van der Waals surface area (Å²) in [6, 6.07) is 10.7. The first-order valence-electron chi connectivity index (χ1n) is 6.79. The topological polar surface area (TPSA) is 34.4 Å². The normalized spacial score (nSPS) is 19.5. The van der Waals surface area contributed by atoms with Crippen LogP contribution in [0.5, 0.6) is 5.75 Å². The van der Waals surface area contributed by atoms with E-state index in [2.05, 4.69) is 23.5 Å². The summed E-state index contributed by atoms with van der Waals surface area (Å²) >= 11 is 0. The lowest BCUT2D eigenvalue weighted by atomic mass is 9.86. The van der Waals surface area contributed by atoms with Crippen LogP contribution in [0, 0.1) is 0 Å². The van der Waals surface area contributed by atoms with E-state index in [1.807, 2.05) is 25.4 Å². The van der Waals surface area contributed by atoms with E-state index in [9.17, 15) is 0 Å². The fraction of sp³-hybridized carbons (Fsp3) is 0.375. The second kappa shape index (κ2) is 5.49. The van der Waals surface area contributed by atoms with Crippen molar-refractivity contribution < 1.29 is 9.15 Å². The fourth-order valence-electron chi connectivity index (χ4n) is 2.84. The zero-order valence-electron chi connectivity index (χ0n) is 11.1. The SMILES string of the molecule is CNC(CC1CCOc2ccccc21)c1ccoc1. The summed E-state index contributed by atoms with van der Waals surface area (Å²) < 4.78 is 10.9. The summed E-state index contributed by atoms with van der Waals surface area (Å²) in [7, 11) is 2.00. The Morgan fingerprint density at radius 3 is 3.00 bits per heavy atom. The van der Waals surface area contributed by atoms with Gasteiger partial charge in [0, 0.05) is 11.6 Å². The van der Waals surface area contributed by atoms with Gasteiger partial charge < -0.3 is 14.5 Å². The number of benzene rings is 1. The van der Waals surface area contributed by atoms with Crippen molar-refractivity contribution in [1.29, 1.82) is 0 Å². The lowest BCUT2D eigenvalue weighted by molar-refractivity contribution is 0.256. The monoisotopic (exact) mass is 257 g/mol. The summed E-state index contributed by atoms with van der Waals surface area (Å²) in [5.74, 6) is 1.58. The zero-order valence-corrected chi connectivity index (χ0v) is 11.1. The molecular weight excluding hydrogens is 238 g/mol. The van der Waals surface area contributed by atoms with Crippen molar-refractivity contribution in [3.63, 3.8) is 0 Å². The Bertz CT molecular complexity index is 521. The average Bonchev–Trinajstić information content (AvgIpc) is 2.99. The molecular formula is C16H19NO2. The number of furan rings is 1. The van der Waals surface area contributed by atoms with E-state index in [0.29, 0.717) is 12.0 Å². The molecule has 2 aromatic rings. The minimum Gasteiger partial charge on any atom is -0.493 e. The minimum atomic E-state index is 0.329. The first-order valence-corrected chi connectivity index (χ1v) is 6.79. The number of hydrogen-bond acceptors (Lipinski definition) is 3. The summed E-state index contributed by atoms with van der Waals surface area (Å²) in [5, 5.41) is 3.38. The van der Waals surface area contributed by atoms with Gasteiger partial charge in [-0.25, -0.2) is 0 Å². The van der Waals surface area contributed by atoms with Crippen molar-refractivity contribution in [3.8, 4) is 5.75 Å². The molecule has 2 atom stereocenters. The van der Waals surface area contributed by atoms with Crippen LogP contribution >= 0.6 is 0 Å². The molecule has 1 aliphatic heterocycles. The molecule has 100 valence electrons. The molecule has 3 rings (SSSR count). The standard InChI is InChI=1S/C16H19NO2/c1-17-15(13-6-8-18-11-13)10-12-7-9-19-16-5-3-2-4-14(12)16/h2-6,8,11-12,15,17H,7,9-10H2,1H3. The quantitative estimate of drug-likeness (QED) is 0.910. The van der Waals surface area contributed by atoms with Gasteiger partial charge in [-0.05, 0) is 43.5 Å². The molecule has 1 aromatic heterocycles. The van der Waals surface area contributed by atoms with Crippen molar-refractivity contribution >= 4 is 0 Å². The van der Waals surface area contributed by atoms with Crippen molar-refractivity contribution in [2.75, 3.05) is 13.7 Å². The highest BCUT2D eigenvalue weighted by Crippen LogP contribution is 2.38. The van der Waals surface area contributed by atoms with Crippen LogP contribution < -0.4 is 10.1 Å². The predicted molar refractivity (Wildman–Crippen MR) is 74.4 cm³/mol. The van der Waals surface area contributed by atoms with Crippen LogP contribution in [-0.2, 0) is 0 Å². The van der Waals surface area contributed by atoms with E-state index in [-0.39, 0.29) is 0 Å². The molecule has 2 heterocycles. The van der Waals surface area contributed by atoms with Crippen LogP contribution in [-0.4, -0.2) is 13.7 Å². The van der Waals surface area contributed by atoms with Crippen LogP contribution in [0.2, 0.25) is 0 Å². The van der Waals surface area contributed by atoms with E-state index in [4.69, 9.17) is 9.15 Å². The zero-order chi connectivity index (χ0) is 13.1. The Kier molecular flexibility index (Phi) is 3.56. The van der Waals surface area contributed by atoms with Gasteiger partial charge in [0.2, 0.25) is 0 Å². The number of para-hydroxylation sites is 1. The van der Waals surface area contributed by atoms with Crippen LogP contribution in [0.3, 0.4) is 0 Å². The molecule has 3 heteroatoms. The Balaban J connectivity index is 1.80. The van der Waals surface area contributed by atoms with Crippen LogP contribution in [0.15, 0.2) is 47.3 Å². The van der Waals surface area contributed by atoms with Gasteiger partial charge in [-0.1, -0.05) is 18.2 Å². The van der Waals surface area contributed by atoms with E-state index in [1.54, 1.807) is 6.26 Å². The first-order chi connectivity index (χ1) is 9.38. The molecule has 3 nitrogen and oxygen atoms in total. The summed E-state index contributed by atoms with van der Waals surface area (Å²) in [6.45, 7) is 0.809. The summed E-state index contributed by atoms with van der Waals surface area (Å²) in [4.78, 5) is 0. The predicted octanol–water partition coefficient (Wildman–Crippen LogP) is 3.50. The summed E-state index contributed by atoms with van der Waals surface area (Å²) in [5.41, 5.74) is 2.55. The maximum Gasteiger partial charge on any atom is 0.122 e. The van der Waals surface area contributed by atoms with Gasteiger partial charge in [-0.3, -0.25) is 0 Å².